The van der Waals surface area contributed by atoms with E-state index in [1.807, 2.05) is 19.0 Å². The normalized spacial score (nSPS) is 11.1. The highest BCUT2D eigenvalue weighted by molar-refractivity contribution is 5.95. The van der Waals surface area contributed by atoms with Crippen LogP contribution in [0.2, 0.25) is 0 Å². The van der Waals surface area contributed by atoms with Gasteiger partial charge in [-0.1, -0.05) is 12.1 Å². The first-order valence-electron chi connectivity index (χ1n) is 7.97. The topological polar surface area (TPSA) is 57.7 Å². The molecule has 26 heavy (non-hydrogen) atoms. The van der Waals surface area contributed by atoms with Crippen LogP contribution >= 0.6 is 0 Å². The van der Waals surface area contributed by atoms with E-state index in [4.69, 9.17) is 0 Å². The molecule has 0 spiro atoms. The minimum Gasteiger partial charge on any atom is -0.361 e. The SMILES string of the molecule is CN(C)c1cncc(-c2n[nH]c3ccc(-c4c(F)cccc4F)cc23)n1. The Morgan fingerprint density at radius 3 is 2.50 bits per heavy atom. The Morgan fingerprint density at radius 1 is 1.00 bits per heavy atom. The highest BCUT2D eigenvalue weighted by atomic mass is 19.1. The van der Waals surface area contributed by atoms with Gasteiger partial charge in [-0.25, -0.2) is 13.8 Å². The number of nitrogens with zero attached hydrogens (tertiary/aromatic N) is 4. The molecular weight excluding hydrogens is 336 g/mol. The second-order valence-electron chi connectivity index (χ2n) is 6.09. The largest absolute Gasteiger partial charge is 0.361 e. The van der Waals surface area contributed by atoms with E-state index in [1.165, 1.54) is 18.2 Å². The molecule has 4 aromatic rings. The molecule has 2 heterocycles. The summed E-state index contributed by atoms with van der Waals surface area (Å²) in [4.78, 5) is 10.6. The lowest BCUT2D eigenvalue weighted by Crippen LogP contribution is -2.11. The first-order chi connectivity index (χ1) is 12.5. The van der Waals surface area contributed by atoms with E-state index in [-0.39, 0.29) is 5.56 Å². The summed E-state index contributed by atoms with van der Waals surface area (Å²) in [7, 11) is 3.74. The number of benzene rings is 2. The zero-order valence-electron chi connectivity index (χ0n) is 14.2. The summed E-state index contributed by atoms with van der Waals surface area (Å²) in [6, 6.07) is 8.94. The molecule has 0 aliphatic carbocycles. The molecule has 0 saturated heterocycles. The number of H-pyrrole nitrogens is 1. The monoisotopic (exact) mass is 351 g/mol. The predicted octanol–water partition coefficient (Wildman–Crippen LogP) is 4.03. The van der Waals surface area contributed by atoms with Crippen LogP contribution in [0.1, 0.15) is 0 Å². The van der Waals surface area contributed by atoms with Crippen molar-refractivity contribution in [3.8, 4) is 22.5 Å². The average molecular weight is 351 g/mol. The number of rotatable bonds is 3. The summed E-state index contributed by atoms with van der Waals surface area (Å²) in [6.45, 7) is 0. The lowest BCUT2D eigenvalue weighted by molar-refractivity contribution is 0.589. The zero-order valence-corrected chi connectivity index (χ0v) is 14.2. The zero-order chi connectivity index (χ0) is 18.3. The van der Waals surface area contributed by atoms with E-state index in [0.717, 1.165) is 10.9 Å². The molecule has 0 amide bonds. The highest BCUT2D eigenvalue weighted by Crippen LogP contribution is 2.32. The van der Waals surface area contributed by atoms with E-state index in [9.17, 15) is 8.78 Å². The number of hydrogen-bond acceptors (Lipinski definition) is 4. The lowest BCUT2D eigenvalue weighted by atomic mass is 10.0. The Hall–Kier alpha value is -3.35. The molecule has 0 atom stereocenters. The summed E-state index contributed by atoms with van der Waals surface area (Å²) in [6.07, 6.45) is 3.26. The summed E-state index contributed by atoms with van der Waals surface area (Å²) >= 11 is 0. The quantitative estimate of drug-likeness (QED) is 0.605. The molecule has 0 aliphatic heterocycles. The van der Waals surface area contributed by atoms with Crippen molar-refractivity contribution in [2.24, 2.45) is 0 Å². The molecule has 0 unspecified atom stereocenters. The van der Waals surface area contributed by atoms with Gasteiger partial charge < -0.3 is 4.90 Å². The molecule has 4 rings (SSSR count). The van der Waals surface area contributed by atoms with Crippen LogP contribution in [0.5, 0.6) is 0 Å². The number of aromatic amines is 1. The van der Waals surface area contributed by atoms with E-state index < -0.39 is 11.6 Å². The van der Waals surface area contributed by atoms with Crippen LogP contribution in [0.15, 0.2) is 48.8 Å². The molecule has 2 aromatic heterocycles. The van der Waals surface area contributed by atoms with Crippen LogP contribution in [-0.2, 0) is 0 Å². The minimum absolute atomic E-state index is 0.0605. The summed E-state index contributed by atoms with van der Waals surface area (Å²) in [5.74, 6) is -0.525. The molecule has 0 bridgehead atoms. The molecule has 0 radical (unpaired) electrons. The van der Waals surface area contributed by atoms with E-state index in [0.29, 0.717) is 22.8 Å². The summed E-state index contributed by atoms with van der Waals surface area (Å²) < 4.78 is 28.3. The maximum absolute atomic E-state index is 14.1. The van der Waals surface area contributed by atoms with Crippen LogP contribution in [0.4, 0.5) is 14.6 Å². The van der Waals surface area contributed by atoms with Crippen molar-refractivity contribution in [2.75, 3.05) is 19.0 Å². The Balaban J connectivity index is 1.90. The second kappa shape index (κ2) is 6.18. The van der Waals surface area contributed by atoms with Crippen molar-refractivity contribution in [3.63, 3.8) is 0 Å². The molecular formula is C19H15F2N5. The molecule has 7 heteroatoms. The van der Waals surface area contributed by atoms with Gasteiger partial charge in [0.2, 0.25) is 0 Å². The van der Waals surface area contributed by atoms with Gasteiger partial charge in [-0.3, -0.25) is 10.1 Å². The number of nitrogens with one attached hydrogen (secondary N) is 1. The van der Waals surface area contributed by atoms with Crippen molar-refractivity contribution in [2.45, 2.75) is 0 Å². The van der Waals surface area contributed by atoms with Crippen molar-refractivity contribution in [1.82, 2.24) is 20.2 Å². The van der Waals surface area contributed by atoms with Gasteiger partial charge in [0.05, 0.1) is 23.5 Å². The average Bonchev–Trinajstić information content (AvgIpc) is 3.05. The third kappa shape index (κ3) is 2.67. The maximum Gasteiger partial charge on any atom is 0.147 e. The minimum atomic E-state index is -0.608. The van der Waals surface area contributed by atoms with Gasteiger partial charge >= 0.3 is 0 Å². The van der Waals surface area contributed by atoms with Crippen LogP contribution in [0.25, 0.3) is 33.4 Å². The van der Waals surface area contributed by atoms with Crippen LogP contribution < -0.4 is 4.90 Å². The van der Waals surface area contributed by atoms with Crippen molar-refractivity contribution < 1.29 is 8.78 Å². The number of fused-ring (bicyclic) bond motifs is 1. The van der Waals surface area contributed by atoms with Crippen LogP contribution in [0.3, 0.4) is 0 Å². The van der Waals surface area contributed by atoms with Gasteiger partial charge in [0, 0.05) is 19.5 Å². The number of aromatic nitrogens is 4. The van der Waals surface area contributed by atoms with Crippen LogP contribution in [-0.4, -0.2) is 34.3 Å². The Morgan fingerprint density at radius 2 is 1.77 bits per heavy atom. The standard InChI is InChI=1S/C19H15F2N5/c1-26(2)17-10-22-9-16(23-17)19-12-8-11(6-7-15(12)24-25-19)18-13(20)4-3-5-14(18)21/h3-10H,1-2H3,(H,24,25). The molecule has 1 N–H and O–H groups in total. The van der Waals surface area contributed by atoms with Gasteiger partial charge in [0.25, 0.3) is 0 Å². The number of halogens is 2. The van der Waals surface area contributed by atoms with Gasteiger partial charge in [-0.05, 0) is 29.8 Å². The van der Waals surface area contributed by atoms with Gasteiger partial charge in [0.15, 0.2) is 0 Å². The molecule has 0 saturated carbocycles. The van der Waals surface area contributed by atoms with Crippen LogP contribution in [0, 0.1) is 11.6 Å². The lowest BCUT2D eigenvalue weighted by Gasteiger charge is -2.11. The molecule has 130 valence electrons. The van der Waals surface area contributed by atoms with E-state index in [2.05, 4.69) is 20.2 Å². The molecule has 2 aromatic carbocycles. The fraction of sp³-hybridized carbons (Fsp3) is 0.105. The fourth-order valence-corrected chi connectivity index (χ4v) is 2.82. The number of hydrogen-bond donors (Lipinski definition) is 1. The first-order valence-corrected chi connectivity index (χ1v) is 7.97. The van der Waals surface area contributed by atoms with Crippen molar-refractivity contribution >= 4 is 16.7 Å². The Kier molecular flexibility index (Phi) is 3.84. The van der Waals surface area contributed by atoms with Crippen molar-refractivity contribution in [3.05, 3.63) is 60.4 Å². The Labute approximate surface area is 148 Å². The van der Waals surface area contributed by atoms with Gasteiger partial charge in [0.1, 0.15) is 28.8 Å². The second-order valence-corrected chi connectivity index (χ2v) is 6.09. The van der Waals surface area contributed by atoms with Gasteiger partial charge in [-0.2, -0.15) is 5.10 Å². The Bertz CT molecular complexity index is 1080. The fourth-order valence-electron chi connectivity index (χ4n) is 2.82. The summed E-state index contributed by atoms with van der Waals surface area (Å²) in [5.41, 5.74) is 2.28. The van der Waals surface area contributed by atoms with Crippen molar-refractivity contribution in [1.29, 1.82) is 0 Å². The highest BCUT2D eigenvalue weighted by Gasteiger charge is 2.15. The van der Waals surface area contributed by atoms with E-state index in [1.54, 1.807) is 30.6 Å². The number of anilines is 1. The summed E-state index contributed by atoms with van der Waals surface area (Å²) in [5, 5.41) is 7.95. The molecule has 0 fully saturated rings. The third-order valence-electron chi connectivity index (χ3n) is 4.14. The van der Waals surface area contributed by atoms with E-state index >= 15 is 0 Å². The smallest absolute Gasteiger partial charge is 0.147 e. The third-order valence-corrected chi connectivity index (χ3v) is 4.14. The van der Waals surface area contributed by atoms with Gasteiger partial charge in [-0.15, -0.1) is 0 Å². The predicted molar refractivity (Wildman–Crippen MR) is 96.8 cm³/mol. The molecule has 0 aliphatic rings. The molecule has 5 nitrogen and oxygen atoms in total. The first kappa shape index (κ1) is 16.1. The maximum atomic E-state index is 14.1.